The summed E-state index contributed by atoms with van der Waals surface area (Å²) >= 11 is 1.04. The second-order valence-electron chi connectivity index (χ2n) is 6.42. The van der Waals surface area contributed by atoms with Crippen molar-refractivity contribution in [2.75, 3.05) is 39.2 Å². The van der Waals surface area contributed by atoms with Crippen molar-refractivity contribution in [1.29, 1.82) is 0 Å². The van der Waals surface area contributed by atoms with Gasteiger partial charge in [-0.05, 0) is 50.6 Å². The molecule has 1 aromatic heterocycles. The van der Waals surface area contributed by atoms with E-state index in [0.29, 0.717) is 28.5 Å². The number of carbonyl (C=O) groups is 3. The number of hydrogen-bond acceptors (Lipinski definition) is 7. The van der Waals surface area contributed by atoms with Crippen LogP contribution in [0.15, 0.2) is 24.3 Å². The Balaban J connectivity index is 2.15. The predicted molar refractivity (Wildman–Crippen MR) is 115 cm³/mol. The van der Waals surface area contributed by atoms with Gasteiger partial charge in [0.15, 0.2) is 6.61 Å². The zero-order chi connectivity index (χ0) is 22.3. The van der Waals surface area contributed by atoms with Crippen LogP contribution in [-0.2, 0) is 9.53 Å². The van der Waals surface area contributed by atoms with Gasteiger partial charge in [0, 0.05) is 14.1 Å². The highest BCUT2D eigenvalue weighted by Gasteiger charge is 2.27. The molecule has 0 saturated heterocycles. The highest BCUT2D eigenvalue weighted by atomic mass is 32.1. The number of amides is 2. The Bertz CT molecular complexity index is 905. The van der Waals surface area contributed by atoms with Gasteiger partial charge in [0.1, 0.15) is 16.5 Å². The number of rotatable bonds is 9. The van der Waals surface area contributed by atoms with Gasteiger partial charge >= 0.3 is 5.97 Å². The fraction of sp³-hybridized carbons (Fsp3) is 0.381. The van der Waals surface area contributed by atoms with E-state index in [1.165, 1.54) is 4.90 Å². The van der Waals surface area contributed by atoms with Crippen molar-refractivity contribution < 1.29 is 28.6 Å². The summed E-state index contributed by atoms with van der Waals surface area (Å²) in [5.41, 5.74) is 0.654. The van der Waals surface area contributed by atoms with Crippen molar-refractivity contribution in [3.05, 3.63) is 40.3 Å². The van der Waals surface area contributed by atoms with Crippen molar-refractivity contribution in [2.45, 2.75) is 20.8 Å². The number of carbonyl (C=O) groups excluding carboxylic acids is 3. The molecule has 2 rings (SSSR count). The lowest BCUT2D eigenvalue weighted by atomic mass is 10.1. The molecule has 9 heteroatoms. The molecule has 0 atom stereocenters. The van der Waals surface area contributed by atoms with E-state index in [4.69, 9.17) is 14.2 Å². The fourth-order valence-corrected chi connectivity index (χ4v) is 3.80. The van der Waals surface area contributed by atoms with Crippen LogP contribution in [-0.4, -0.2) is 56.6 Å². The van der Waals surface area contributed by atoms with E-state index in [-0.39, 0.29) is 29.7 Å². The molecule has 0 aliphatic carbocycles. The molecule has 1 heterocycles. The quantitative estimate of drug-likeness (QED) is 0.609. The van der Waals surface area contributed by atoms with E-state index >= 15 is 0 Å². The van der Waals surface area contributed by atoms with E-state index in [9.17, 15) is 14.4 Å². The summed E-state index contributed by atoms with van der Waals surface area (Å²) in [6.07, 6.45) is 0. The van der Waals surface area contributed by atoms with Crippen molar-refractivity contribution in [1.82, 2.24) is 4.90 Å². The number of thiophene rings is 1. The average molecular weight is 435 g/mol. The lowest BCUT2D eigenvalue weighted by Crippen LogP contribution is -2.21. The Hall–Kier alpha value is -3.07. The lowest BCUT2D eigenvalue weighted by molar-refractivity contribution is -0.118. The third-order valence-corrected chi connectivity index (χ3v) is 5.18. The van der Waals surface area contributed by atoms with Gasteiger partial charge in [-0.1, -0.05) is 0 Å². The smallest absolute Gasteiger partial charge is 0.341 e. The number of nitrogens with one attached hydrogen (secondary N) is 1. The Morgan fingerprint density at radius 3 is 2.13 bits per heavy atom. The average Bonchev–Trinajstić information content (AvgIpc) is 3.02. The van der Waals surface area contributed by atoms with Crippen LogP contribution in [0, 0.1) is 6.92 Å². The minimum atomic E-state index is -0.591. The van der Waals surface area contributed by atoms with E-state index in [1.807, 2.05) is 6.92 Å². The summed E-state index contributed by atoms with van der Waals surface area (Å²) in [5, 5.41) is 2.93. The monoisotopic (exact) mass is 434 g/mol. The van der Waals surface area contributed by atoms with Gasteiger partial charge in [-0.3, -0.25) is 9.59 Å². The number of anilines is 1. The molecule has 30 heavy (non-hydrogen) atoms. The minimum Gasteiger partial charge on any atom is -0.494 e. The molecule has 2 aromatic rings. The van der Waals surface area contributed by atoms with Crippen LogP contribution in [0.5, 0.6) is 11.5 Å². The molecule has 0 bridgehead atoms. The standard InChI is InChI=1S/C21H26N2O6S/c1-6-27-14-8-10-15(11-9-14)29-12-16(24)22-19-17(21(26)28-7-2)13(3)18(30-19)20(25)23(4)5/h8-11H,6-7,12H2,1-5H3,(H,22,24). The molecular formula is C21H26N2O6S. The highest BCUT2D eigenvalue weighted by Crippen LogP contribution is 2.34. The molecule has 0 fully saturated rings. The molecule has 0 aliphatic heterocycles. The van der Waals surface area contributed by atoms with Crippen molar-refractivity contribution in [3.8, 4) is 11.5 Å². The van der Waals surface area contributed by atoms with Gasteiger partial charge in [-0.25, -0.2) is 4.79 Å². The zero-order valence-corrected chi connectivity index (χ0v) is 18.6. The first-order chi connectivity index (χ1) is 14.3. The number of hydrogen-bond donors (Lipinski definition) is 1. The van der Waals surface area contributed by atoms with E-state index in [0.717, 1.165) is 11.3 Å². The molecule has 8 nitrogen and oxygen atoms in total. The van der Waals surface area contributed by atoms with Crippen LogP contribution < -0.4 is 14.8 Å². The number of nitrogens with zero attached hydrogens (tertiary/aromatic N) is 1. The maximum Gasteiger partial charge on any atom is 0.341 e. The van der Waals surface area contributed by atoms with Crippen LogP contribution >= 0.6 is 11.3 Å². The first-order valence-electron chi connectivity index (χ1n) is 9.46. The maximum atomic E-state index is 12.4. The predicted octanol–water partition coefficient (Wildman–Crippen LogP) is 3.35. The van der Waals surface area contributed by atoms with Crippen LogP contribution in [0.1, 0.15) is 39.4 Å². The molecule has 1 N–H and O–H groups in total. The van der Waals surface area contributed by atoms with Crippen LogP contribution in [0.25, 0.3) is 0 Å². The van der Waals surface area contributed by atoms with E-state index < -0.39 is 11.9 Å². The Kier molecular flexibility index (Phi) is 8.23. The summed E-state index contributed by atoms with van der Waals surface area (Å²) in [5.74, 6) is -0.0916. The summed E-state index contributed by atoms with van der Waals surface area (Å²) in [4.78, 5) is 39.0. The molecule has 0 aliphatic rings. The Labute approximate surface area is 179 Å². The topological polar surface area (TPSA) is 94.2 Å². The second kappa shape index (κ2) is 10.6. The maximum absolute atomic E-state index is 12.4. The fourth-order valence-electron chi connectivity index (χ4n) is 2.57. The van der Waals surface area contributed by atoms with Crippen LogP contribution in [0.4, 0.5) is 5.00 Å². The van der Waals surface area contributed by atoms with Gasteiger partial charge in [-0.15, -0.1) is 11.3 Å². The van der Waals surface area contributed by atoms with Crippen LogP contribution in [0.3, 0.4) is 0 Å². The van der Waals surface area contributed by atoms with Gasteiger partial charge in [0.25, 0.3) is 11.8 Å². The van der Waals surface area contributed by atoms with Gasteiger partial charge in [-0.2, -0.15) is 0 Å². The summed E-state index contributed by atoms with van der Waals surface area (Å²) in [7, 11) is 3.24. The Morgan fingerprint density at radius 1 is 1.00 bits per heavy atom. The van der Waals surface area contributed by atoms with E-state index in [1.54, 1.807) is 52.2 Å². The molecule has 0 unspecified atom stereocenters. The molecule has 0 spiro atoms. The van der Waals surface area contributed by atoms with Crippen molar-refractivity contribution in [3.63, 3.8) is 0 Å². The minimum absolute atomic E-state index is 0.180. The summed E-state index contributed by atoms with van der Waals surface area (Å²) in [6, 6.07) is 6.89. The first-order valence-corrected chi connectivity index (χ1v) is 10.3. The van der Waals surface area contributed by atoms with Gasteiger partial charge in [0.2, 0.25) is 0 Å². The Morgan fingerprint density at radius 2 is 1.60 bits per heavy atom. The molecule has 1 aromatic carbocycles. The first kappa shape index (κ1) is 23.2. The highest BCUT2D eigenvalue weighted by molar-refractivity contribution is 7.18. The SMILES string of the molecule is CCOC(=O)c1c(NC(=O)COc2ccc(OCC)cc2)sc(C(=O)N(C)C)c1C. The number of benzene rings is 1. The largest absolute Gasteiger partial charge is 0.494 e. The van der Waals surface area contributed by atoms with Crippen molar-refractivity contribution >= 4 is 34.1 Å². The zero-order valence-electron chi connectivity index (χ0n) is 17.7. The van der Waals surface area contributed by atoms with Gasteiger partial charge < -0.3 is 24.4 Å². The number of esters is 1. The normalized spacial score (nSPS) is 10.3. The summed E-state index contributed by atoms with van der Waals surface area (Å²) in [6.45, 7) is 5.72. The molecule has 0 radical (unpaired) electrons. The molecule has 162 valence electrons. The number of ether oxygens (including phenoxy) is 3. The lowest BCUT2D eigenvalue weighted by Gasteiger charge is -2.09. The second-order valence-corrected chi connectivity index (χ2v) is 7.44. The summed E-state index contributed by atoms with van der Waals surface area (Å²) < 4.78 is 15.9. The molecule has 2 amide bonds. The third-order valence-electron chi connectivity index (χ3n) is 3.98. The van der Waals surface area contributed by atoms with E-state index in [2.05, 4.69) is 5.32 Å². The molecular weight excluding hydrogens is 408 g/mol. The van der Waals surface area contributed by atoms with Gasteiger partial charge in [0.05, 0.1) is 23.7 Å². The van der Waals surface area contributed by atoms with Crippen LogP contribution in [0.2, 0.25) is 0 Å². The van der Waals surface area contributed by atoms with Crippen molar-refractivity contribution in [2.24, 2.45) is 0 Å². The third kappa shape index (κ3) is 5.73. The molecule has 0 saturated carbocycles.